The van der Waals surface area contributed by atoms with Gasteiger partial charge in [0.05, 0.1) is 33.0 Å². The monoisotopic (exact) mass is 386 g/mol. The molecule has 0 atom stereocenters. The van der Waals surface area contributed by atoms with Crippen LogP contribution in [0, 0.1) is 13.8 Å². The highest BCUT2D eigenvalue weighted by Crippen LogP contribution is 2.33. The molecule has 0 spiro atoms. The molecule has 28 heavy (non-hydrogen) atoms. The molecular weight excluding hydrogens is 356 g/mol. The lowest BCUT2D eigenvalue weighted by molar-refractivity contribution is 0.352. The number of rotatable bonds is 9. The Morgan fingerprint density at radius 1 is 1.25 bits per heavy atom. The molecule has 152 valence electrons. The fourth-order valence-electron chi connectivity index (χ4n) is 2.79. The molecule has 0 bridgehead atoms. The summed E-state index contributed by atoms with van der Waals surface area (Å²) in [7, 11) is 3.27. The standard InChI is InChI=1S/C21H30N4O3/c1-7-9-17-10-16(11-18(26-5)20(17)27-6)12-23-21(22-8-2)24-13-19-25-14(3)15(4)28-19/h7,10-11H,1,8-9,12-13H2,2-6H3,(H2,22,23,24). The van der Waals surface area contributed by atoms with E-state index in [1.165, 1.54) is 0 Å². The van der Waals surface area contributed by atoms with Gasteiger partial charge in [-0.2, -0.15) is 0 Å². The van der Waals surface area contributed by atoms with Gasteiger partial charge in [-0.25, -0.2) is 9.98 Å². The van der Waals surface area contributed by atoms with Crippen LogP contribution in [0.5, 0.6) is 11.5 Å². The van der Waals surface area contributed by atoms with Crippen molar-refractivity contribution in [3.8, 4) is 11.5 Å². The zero-order valence-corrected chi connectivity index (χ0v) is 17.4. The van der Waals surface area contributed by atoms with E-state index >= 15 is 0 Å². The summed E-state index contributed by atoms with van der Waals surface area (Å²) in [4.78, 5) is 9.05. The Labute approximate surface area is 166 Å². The van der Waals surface area contributed by atoms with Crippen molar-refractivity contribution >= 4 is 5.96 Å². The van der Waals surface area contributed by atoms with Gasteiger partial charge in [-0.1, -0.05) is 6.08 Å². The second kappa shape index (κ2) is 10.4. The van der Waals surface area contributed by atoms with Gasteiger partial charge in [0.25, 0.3) is 0 Å². The Bertz CT molecular complexity index is 808. The van der Waals surface area contributed by atoms with Gasteiger partial charge < -0.3 is 24.5 Å². The van der Waals surface area contributed by atoms with Gasteiger partial charge in [-0.15, -0.1) is 6.58 Å². The predicted octanol–water partition coefficient (Wildman–Crippen LogP) is 3.29. The number of nitrogens with one attached hydrogen (secondary N) is 2. The van der Waals surface area contributed by atoms with Crippen molar-refractivity contribution in [2.24, 2.45) is 4.99 Å². The lowest BCUT2D eigenvalue weighted by atomic mass is 10.1. The minimum Gasteiger partial charge on any atom is -0.493 e. The van der Waals surface area contributed by atoms with Crippen LogP contribution in [-0.4, -0.2) is 31.7 Å². The SMILES string of the molecule is C=CCc1cc(CN=C(NCC)NCc2nc(C)c(C)o2)cc(OC)c1OC. The van der Waals surface area contributed by atoms with Crippen molar-refractivity contribution in [2.45, 2.75) is 40.3 Å². The topological polar surface area (TPSA) is 80.9 Å². The number of aliphatic imine (C=N–C) groups is 1. The average molecular weight is 386 g/mol. The molecule has 1 aromatic heterocycles. The first-order chi connectivity index (χ1) is 13.5. The molecule has 1 aromatic carbocycles. The molecule has 7 nitrogen and oxygen atoms in total. The van der Waals surface area contributed by atoms with Crippen LogP contribution in [0.2, 0.25) is 0 Å². The summed E-state index contributed by atoms with van der Waals surface area (Å²) in [6.45, 7) is 11.4. The molecular formula is C21H30N4O3. The predicted molar refractivity (Wildman–Crippen MR) is 111 cm³/mol. The fourth-order valence-corrected chi connectivity index (χ4v) is 2.79. The summed E-state index contributed by atoms with van der Waals surface area (Å²) in [5, 5.41) is 6.48. The highest BCUT2D eigenvalue weighted by molar-refractivity contribution is 5.79. The van der Waals surface area contributed by atoms with Gasteiger partial charge >= 0.3 is 0 Å². The molecule has 2 aromatic rings. The summed E-state index contributed by atoms with van der Waals surface area (Å²) >= 11 is 0. The molecule has 0 saturated carbocycles. The number of aryl methyl sites for hydroxylation is 2. The number of aromatic nitrogens is 1. The highest BCUT2D eigenvalue weighted by atomic mass is 16.5. The Hall–Kier alpha value is -2.96. The molecule has 0 aliphatic heterocycles. The Balaban J connectivity index is 2.16. The van der Waals surface area contributed by atoms with E-state index in [9.17, 15) is 0 Å². The Kier molecular flexibility index (Phi) is 7.92. The molecule has 0 fully saturated rings. The minimum absolute atomic E-state index is 0.466. The van der Waals surface area contributed by atoms with Crippen LogP contribution < -0.4 is 20.1 Å². The number of nitrogens with zero attached hydrogens (tertiary/aromatic N) is 2. The zero-order valence-electron chi connectivity index (χ0n) is 17.4. The number of oxazole rings is 1. The molecule has 0 radical (unpaired) electrons. The summed E-state index contributed by atoms with van der Waals surface area (Å²) in [5.41, 5.74) is 2.94. The molecule has 0 aliphatic rings. The van der Waals surface area contributed by atoms with Crippen LogP contribution in [0.25, 0.3) is 0 Å². The number of allylic oxidation sites excluding steroid dienone is 1. The van der Waals surface area contributed by atoms with Crippen LogP contribution in [0.1, 0.15) is 35.4 Å². The number of benzene rings is 1. The second-order valence-corrected chi connectivity index (χ2v) is 6.28. The maximum Gasteiger partial charge on any atom is 0.214 e. The van der Waals surface area contributed by atoms with E-state index in [1.807, 2.05) is 32.9 Å². The Morgan fingerprint density at radius 2 is 2.04 bits per heavy atom. The first-order valence-electron chi connectivity index (χ1n) is 9.32. The van der Waals surface area contributed by atoms with E-state index in [4.69, 9.17) is 13.9 Å². The van der Waals surface area contributed by atoms with Gasteiger partial charge in [0.2, 0.25) is 5.89 Å². The third kappa shape index (κ3) is 5.52. The van der Waals surface area contributed by atoms with E-state index in [2.05, 4.69) is 33.3 Å². The highest BCUT2D eigenvalue weighted by Gasteiger charge is 2.12. The Morgan fingerprint density at radius 3 is 2.61 bits per heavy atom. The van der Waals surface area contributed by atoms with Crippen LogP contribution >= 0.6 is 0 Å². The van der Waals surface area contributed by atoms with Gasteiger partial charge in [-0.05, 0) is 44.9 Å². The van der Waals surface area contributed by atoms with Crippen molar-refractivity contribution < 1.29 is 13.9 Å². The van der Waals surface area contributed by atoms with Crippen molar-refractivity contribution in [3.63, 3.8) is 0 Å². The smallest absolute Gasteiger partial charge is 0.214 e. The molecule has 1 heterocycles. The first kappa shape index (κ1) is 21.3. The number of hydrogen-bond donors (Lipinski definition) is 2. The lowest BCUT2D eigenvalue weighted by Gasteiger charge is -2.14. The third-order valence-corrected chi connectivity index (χ3v) is 4.22. The summed E-state index contributed by atoms with van der Waals surface area (Å²) in [6.07, 6.45) is 2.54. The second-order valence-electron chi connectivity index (χ2n) is 6.28. The summed E-state index contributed by atoms with van der Waals surface area (Å²) in [5.74, 6) is 3.58. The van der Waals surface area contributed by atoms with Crippen molar-refractivity contribution in [1.29, 1.82) is 0 Å². The van der Waals surface area contributed by atoms with Crippen LogP contribution in [-0.2, 0) is 19.5 Å². The van der Waals surface area contributed by atoms with Crippen molar-refractivity contribution in [2.75, 3.05) is 20.8 Å². The van der Waals surface area contributed by atoms with Crippen LogP contribution in [0.4, 0.5) is 0 Å². The molecule has 7 heteroatoms. The van der Waals surface area contributed by atoms with E-state index in [0.717, 1.165) is 34.9 Å². The van der Waals surface area contributed by atoms with Gasteiger partial charge in [0.15, 0.2) is 17.5 Å². The molecule has 2 N–H and O–H groups in total. The third-order valence-electron chi connectivity index (χ3n) is 4.22. The molecule has 0 saturated heterocycles. The number of guanidine groups is 1. The van der Waals surface area contributed by atoms with E-state index in [0.29, 0.717) is 37.1 Å². The number of hydrogen-bond acceptors (Lipinski definition) is 5. The maximum atomic E-state index is 5.61. The van der Waals surface area contributed by atoms with Crippen LogP contribution in [0.15, 0.2) is 34.2 Å². The molecule has 2 rings (SSSR count). The largest absolute Gasteiger partial charge is 0.493 e. The molecule has 0 unspecified atom stereocenters. The molecule has 0 amide bonds. The fraction of sp³-hybridized carbons (Fsp3) is 0.429. The first-order valence-corrected chi connectivity index (χ1v) is 9.32. The van der Waals surface area contributed by atoms with Gasteiger partial charge in [0, 0.05) is 12.1 Å². The van der Waals surface area contributed by atoms with Crippen molar-refractivity contribution in [1.82, 2.24) is 15.6 Å². The number of ether oxygens (including phenoxy) is 2. The summed E-state index contributed by atoms with van der Waals surface area (Å²) in [6, 6.07) is 4.01. The average Bonchev–Trinajstić information content (AvgIpc) is 3.01. The van der Waals surface area contributed by atoms with E-state index in [-0.39, 0.29) is 0 Å². The van der Waals surface area contributed by atoms with E-state index in [1.54, 1.807) is 14.2 Å². The van der Waals surface area contributed by atoms with E-state index < -0.39 is 0 Å². The normalized spacial score (nSPS) is 11.2. The maximum absolute atomic E-state index is 5.61. The van der Waals surface area contributed by atoms with Crippen molar-refractivity contribution in [3.05, 3.63) is 53.3 Å². The van der Waals surface area contributed by atoms with Gasteiger partial charge in [-0.3, -0.25) is 0 Å². The molecule has 0 aliphatic carbocycles. The number of methoxy groups -OCH3 is 2. The zero-order chi connectivity index (χ0) is 20.5. The minimum atomic E-state index is 0.466. The van der Waals surface area contributed by atoms with Gasteiger partial charge in [0.1, 0.15) is 5.76 Å². The summed E-state index contributed by atoms with van der Waals surface area (Å²) < 4.78 is 16.6. The quantitative estimate of drug-likeness (QED) is 0.391. The van der Waals surface area contributed by atoms with Crippen LogP contribution in [0.3, 0.4) is 0 Å². The lowest BCUT2D eigenvalue weighted by Crippen LogP contribution is -2.36.